The van der Waals surface area contributed by atoms with Crippen molar-refractivity contribution in [2.75, 3.05) is 13.2 Å². The molecule has 0 bridgehead atoms. The quantitative estimate of drug-likeness (QED) is 0.611. The lowest BCUT2D eigenvalue weighted by Gasteiger charge is -2.28. The second kappa shape index (κ2) is 9.13. The number of amides is 1. The molecule has 7 nitrogen and oxygen atoms in total. The van der Waals surface area contributed by atoms with Crippen molar-refractivity contribution in [3.63, 3.8) is 0 Å². The summed E-state index contributed by atoms with van der Waals surface area (Å²) < 4.78 is 45.7. The summed E-state index contributed by atoms with van der Waals surface area (Å²) in [5.41, 5.74) is 1.19. The average Bonchev–Trinajstić information content (AvgIpc) is 3.24. The summed E-state index contributed by atoms with van der Waals surface area (Å²) >= 11 is 0. The van der Waals surface area contributed by atoms with E-state index < -0.39 is 12.0 Å². The maximum atomic E-state index is 13.0. The molecule has 0 radical (unpaired) electrons. The van der Waals surface area contributed by atoms with Crippen molar-refractivity contribution >= 4 is 11.7 Å². The Labute approximate surface area is 183 Å². The number of aromatic nitrogens is 4. The highest BCUT2D eigenvalue weighted by Gasteiger charge is 2.37. The number of ether oxygens (including phenoxy) is 1. The first kappa shape index (κ1) is 22.0. The van der Waals surface area contributed by atoms with Crippen LogP contribution in [0.2, 0.25) is 0 Å². The molecule has 1 aliphatic carbocycles. The van der Waals surface area contributed by atoms with Gasteiger partial charge in [-0.15, -0.1) is 5.10 Å². The van der Waals surface area contributed by atoms with Crippen LogP contribution in [0.1, 0.15) is 60.4 Å². The molecule has 0 unspecified atom stereocenters. The van der Waals surface area contributed by atoms with Gasteiger partial charge in [-0.1, -0.05) is 12.1 Å². The van der Waals surface area contributed by atoms with E-state index >= 15 is 0 Å². The molecule has 1 fully saturated rings. The van der Waals surface area contributed by atoms with Gasteiger partial charge in [-0.3, -0.25) is 4.79 Å². The minimum Gasteiger partial charge on any atom is -0.493 e. The van der Waals surface area contributed by atoms with Crippen molar-refractivity contribution in [2.45, 2.75) is 44.7 Å². The van der Waals surface area contributed by atoms with Crippen LogP contribution < -0.4 is 10.1 Å². The normalized spacial score (nSPS) is 19.1. The maximum absolute atomic E-state index is 13.0. The molecule has 0 atom stereocenters. The highest BCUT2D eigenvalue weighted by molar-refractivity contribution is 5.96. The van der Waals surface area contributed by atoms with Crippen molar-refractivity contribution in [1.82, 2.24) is 24.9 Å². The van der Waals surface area contributed by atoms with Crippen LogP contribution in [0, 0.1) is 5.92 Å². The molecule has 0 saturated heterocycles. The first-order valence-electron chi connectivity index (χ1n) is 10.7. The number of halogens is 3. The van der Waals surface area contributed by atoms with Crippen LogP contribution in [-0.2, 0) is 6.18 Å². The Morgan fingerprint density at radius 2 is 1.94 bits per heavy atom. The third-order valence-corrected chi connectivity index (χ3v) is 5.77. The first-order chi connectivity index (χ1) is 15.4. The van der Waals surface area contributed by atoms with Crippen LogP contribution in [0.5, 0.6) is 5.75 Å². The summed E-state index contributed by atoms with van der Waals surface area (Å²) in [5.74, 6) is -0.473. The number of hydrogen-bond acceptors (Lipinski definition) is 5. The molecule has 170 valence electrons. The van der Waals surface area contributed by atoms with Gasteiger partial charge in [0.1, 0.15) is 5.75 Å². The highest BCUT2D eigenvalue weighted by atomic mass is 19.4. The van der Waals surface area contributed by atoms with Crippen LogP contribution in [0.3, 0.4) is 0 Å². The van der Waals surface area contributed by atoms with Gasteiger partial charge >= 0.3 is 6.18 Å². The van der Waals surface area contributed by atoms with Gasteiger partial charge < -0.3 is 10.1 Å². The second-order valence-corrected chi connectivity index (χ2v) is 7.87. The number of nitrogens with one attached hydrogen (secondary N) is 1. The first-order valence-corrected chi connectivity index (χ1v) is 10.7. The molecule has 1 N–H and O–H groups in total. The van der Waals surface area contributed by atoms with Crippen LogP contribution in [0.4, 0.5) is 13.2 Å². The molecule has 1 saturated carbocycles. The van der Waals surface area contributed by atoms with Gasteiger partial charge in [-0.2, -0.15) is 18.2 Å². The van der Waals surface area contributed by atoms with Crippen molar-refractivity contribution in [2.24, 2.45) is 5.92 Å². The fourth-order valence-corrected chi connectivity index (χ4v) is 4.17. The zero-order valence-electron chi connectivity index (χ0n) is 17.6. The van der Waals surface area contributed by atoms with Gasteiger partial charge in [0.2, 0.25) is 0 Å². The van der Waals surface area contributed by atoms with Crippen molar-refractivity contribution in [3.8, 4) is 5.75 Å². The monoisotopic (exact) mass is 447 g/mol. The van der Waals surface area contributed by atoms with Crippen molar-refractivity contribution in [3.05, 3.63) is 53.6 Å². The number of nitrogens with zero attached hydrogens (tertiary/aromatic N) is 4. The van der Waals surface area contributed by atoms with E-state index in [1.807, 2.05) is 13.0 Å². The molecule has 1 aliphatic rings. The van der Waals surface area contributed by atoms with Crippen molar-refractivity contribution < 1.29 is 22.7 Å². The number of rotatable bonds is 6. The molecule has 10 heteroatoms. The average molecular weight is 447 g/mol. The van der Waals surface area contributed by atoms with E-state index in [9.17, 15) is 18.0 Å². The lowest BCUT2D eigenvalue weighted by Crippen LogP contribution is -2.31. The number of para-hydroxylation sites is 1. The Morgan fingerprint density at radius 1 is 1.19 bits per heavy atom. The number of alkyl halides is 3. The fraction of sp³-hybridized carbons (Fsp3) is 0.455. The summed E-state index contributed by atoms with van der Waals surface area (Å²) in [5, 5.41) is 6.63. The van der Waals surface area contributed by atoms with E-state index in [1.54, 1.807) is 24.3 Å². The SMILES string of the molecule is CCOc1ccccc1C(=O)NCC1CCC(c2ccnc3nc(C(F)(F)F)nn23)CC1. The Kier molecular flexibility index (Phi) is 6.29. The molecule has 2 heterocycles. The van der Waals surface area contributed by atoms with E-state index in [2.05, 4.69) is 20.4 Å². The highest BCUT2D eigenvalue weighted by Crippen LogP contribution is 2.36. The van der Waals surface area contributed by atoms with Gasteiger partial charge in [-0.05, 0) is 56.7 Å². The molecule has 2 aromatic heterocycles. The molecular formula is C22H24F3N5O2. The smallest absolute Gasteiger partial charge is 0.453 e. The zero-order chi connectivity index (χ0) is 22.7. The lowest BCUT2D eigenvalue weighted by molar-refractivity contribution is -0.144. The zero-order valence-corrected chi connectivity index (χ0v) is 17.6. The second-order valence-electron chi connectivity index (χ2n) is 7.87. The standard InChI is InChI=1S/C22H24F3N5O2/c1-2-32-18-6-4-3-5-16(18)19(31)27-13-14-7-9-15(10-8-14)17-11-12-26-21-28-20(22(23,24)25)29-30(17)21/h3-6,11-12,14-15H,2,7-10,13H2,1H3,(H,27,31). The van der Waals surface area contributed by atoms with E-state index in [-0.39, 0.29) is 17.6 Å². The number of carbonyl (C=O) groups excluding carboxylic acids is 1. The Balaban J connectivity index is 1.37. The van der Waals surface area contributed by atoms with E-state index in [4.69, 9.17) is 4.74 Å². The molecule has 0 aliphatic heterocycles. The molecule has 4 rings (SSSR count). The third-order valence-electron chi connectivity index (χ3n) is 5.77. The number of benzene rings is 1. The van der Waals surface area contributed by atoms with Crippen LogP contribution in [0.15, 0.2) is 36.5 Å². The van der Waals surface area contributed by atoms with Gasteiger partial charge in [0, 0.05) is 18.7 Å². The van der Waals surface area contributed by atoms with E-state index in [1.165, 1.54) is 10.7 Å². The predicted octanol–water partition coefficient (Wildman–Crippen LogP) is 4.25. The molecule has 1 aromatic carbocycles. The minimum atomic E-state index is -4.61. The fourth-order valence-electron chi connectivity index (χ4n) is 4.17. The van der Waals surface area contributed by atoms with Crippen LogP contribution >= 0.6 is 0 Å². The molecule has 1 amide bonds. The largest absolute Gasteiger partial charge is 0.493 e. The Morgan fingerprint density at radius 3 is 2.66 bits per heavy atom. The minimum absolute atomic E-state index is 0.0443. The molecular weight excluding hydrogens is 423 g/mol. The van der Waals surface area contributed by atoms with Gasteiger partial charge in [-0.25, -0.2) is 9.50 Å². The van der Waals surface area contributed by atoms with Crippen LogP contribution in [-0.4, -0.2) is 38.6 Å². The maximum Gasteiger partial charge on any atom is 0.453 e. The number of hydrogen-bond donors (Lipinski definition) is 1. The summed E-state index contributed by atoms with van der Waals surface area (Å²) in [6, 6.07) is 8.84. The third kappa shape index (κ3) is 4.68. The molecule has 32 heavy (non-hydrogen) atoms. The predicted molar refractivity (Wildman–Crippen MR) is 110 cm³/mol. The Hall–Kier alpha value is -3.17. The van der Waals surface area contributed by atoms with E-state index in [0.29, 0.717) is 36.1 Å². The summed E-state index contributed by atoms with van der Waals surface area (Å²) in [6.07, 6.45) is 0.140. The number of fused-ring (bicyclic) bond motifs is 1. The summed E-state index contributed by atoms with van der Waals surface area (Å²) in [4.78, 5) is 20.0. The van der Waals surface area contributed by atoms with Gasteiger partial charge in [0.25, 0.3) is 17.5 Å². The topological polar surface area (TPSA) is 81.4 Å². The van der Waals surface area contributed by atoms with Crippen LogP contribution in [0.25, 0.3) is 5.78 Å². The van der Waals surface area contributed by atoms with Crippen molar-refractivity contribution in [1.29, 1.82) is 0 Å². The van der Waals surface area contributed by atoms with Gasteiger partial charge in [0.15, 0.2) is 0 Å². The van der Waals surface area contributed by atoms with Gasteiger partial charge in [0.05, 0.1) is 17.9 Å². The summed E-state index contributed by atoms with van der Waals surface area (Å²) in [6.45, 7) is 2.89. The van der Waals surface area contributed by atoms with E-state index in [0.717, 1.165) is 25.7 Å². The Bertz CT molecular complexity index is 1090. The number of carbonyl (C=O) groups is 1. The summed E-state index contributed by atoms with van der Waals surface area (Å²) in [7, 11) is 0. The lowest BCUT2D eigenvalue weighted by atomic mass is 9.80. The molecule has 0 spiro atoms. The molecule has 3 aromatic rings.